The molecule has 2 rings (SSSR count). The second-order valence-corrected chi connectivity index (χ2v) is 5.96. The Hall–Kier alpha value is -1.96. The normalized spacial score (nSPS) is 10.9. The number of aromatic nitrogens is 4. The van der Waals surface area contributed by atoms with Gasteiger partial charge in [0, 0.05) is 6.54 Å². The average Bonchev–Trinajstić information content (AvgIpc) is 2.96. The van der Waals surface area contributed by atoms with Crippen molar-refractivity contribution in [1.29, 1.82) is 0 Å². The highest BCUT2D eigenvalue weighted by molar-refractivity contribution is 7.99. The van der Waals surface area contributed by atoms with Gasteiger partial charge >= 0.3 is 0 Å². The lowest BCUT2D eigenvalue weighted by molar-refractivity contribution is -0.118. The molecule has 0 aliphatic carbocycles. The predicted octanol–water partition coefficient (Wildman–Crippen LogP) is 1.84. The second kappa shape index (κ2) is 7.88. The standard InChI is InChI=1S/C14H18FN5OS/c1-10(2)20-14(17-18-19-20)22-9-13(21)16-8-7-11-3-5-12(15)6-4-11/h3-6,10H,7-9H2,1-2H3,(H,16,21). The van der Waals surface area contributed by atoms with Crippen molar-refractivity contribution in [3.63, 3.8) is 0 Å². The van der Waals surface area contributed by atoms with Crippen LogP contribution in [0, 0.1) is 5.82 Å². The van der Waals surface area contributed by atoms with E-state index in [1.54, 1.807) is 16.8 Å². The third-order valence-corrected chi connectivity index (χ3v) is 3.87. The zero-order valence-electron chi connectivity index (χ0n) is 12.5. The number of benzene rings is 1. The molecule has 0 unspecified atom stereocenters. The van der Waals surface area contributed by atoms with E-state index in [0.717, 1.165) is 5.56 Å². The average molecular weight is 323 g/mol. The molecule has 0 aliphatic heterocycles. The van der Waals surface area contributed by atoms with Crippen LogP contribution in [0.2, 0.25) is 0 Å². The summed E-state index contributed by atoms with van der Waals surface area (Å²) in [5.74, 6) is -0.0752. The van der Waals surface area contributed by atoms with E-state index in [1.165, 1.54) is 23.9 Å². The number of halogens is 1. The molecule has 8 heteroatoms. The molecule has 1 aromatic carbocycles. The van der Waals surface area contributed by atoms with Crippen LogP contribution in [0.25, 0.3) is 0 Å². The maximum absolute atomic E-state index is 12.8. The lowest BCUT2D eigenvalue weighted by Gasteiger charge is -2.07. The highest BCUT2D eigenvalue weighted by atomic mass is 32.2. The Morgan fingerprint density at radius 2 is 2.09 bits per heavy atom. The molecule has 1 aromatic heterocycles. The van der Waals surface area contributed by atoms with Crippen molar-refractivity contribution in [2.45, 2.75) is 31.5 Å². The van der Waals surface area contributed by atoms with Gasteiger partial charge in [-0.15, -0.1) is 5.10 Å². The van der Waals surface area contributed by atoms with Crippen LogP contribution < -0.4 is 5.32 Å². The van der Waals surface area contributed by atoms with Gasteiger partial charge in [0.2, 0.25) is 11.1 Å². The Balaban J connectivity index is 1.72. The summed E-state index contributed by atoms with van der Waals surface area (Å²) in [6.07, 6.45) is 0.667. The minimum atomic E-state index is -0.257. The van der Waals surface area contributed by atoms with E-state index in [1.807, 2.05) is 13.8 Å². The van der Waals surface area contributed by atoms with E-state index in [2.05, 4.69) is 20.8 Å². The number of rotatable bonds is 7. The van der Waals surface area contributed by atoms with E-state index < -0.39 is 0 Å². The summed E-state index contributed by atoms with van der Waals surface area (Å²) in [7, 11) is 0. The van der Waals surface area contributed by atoms with Gasteiger partial charge in [-0.1, -0.05) is 23.9 Å². The maximum atomic E-state index is 12.8. The lowest BCUT2D eigenvalue weighted by Crippen LogP contribution is -2.27. The molecule has 118 valence electrons. The number of nitrogens with one attached hydrogen (secondary N) is 1. The Labute approximate surface area is 132 Å². The molecular formula is C14H18FN5OS. The van der Waals surface area contributed by atoms with E-state index in [9.17, 15) is 9.18 Å². The number of hydrogen-bond acceptors (Lipinski definition) is 5. The van der Waals surface area contributed by atoms with Crippen LogP contribution >= 0.6 is 11.8 Å². The van der Waals surface area contributed by atoms with Crippen LogP contribution in [-0.4, -0.2) is 38.4 Å². The van der Waals surface area contributed by atoms with Gasteiger partial charge in [-0.2, -0.15) is 0 Å². The third kappa shape index (κ3) is 4.80. The molecule has 1 N–H and O–H groups in total. The quantitative estimate of drug-likeness (QED) is 0.787. The highest BCUT2D eigenvalue weighted by Crippen LogP contribution is 2.16. The van der Waals surface area contributed by atoms with Crippen molar-refractivity contribution < 1.29 is 9.18 Å². The van der Waals surface area contributed by atoms with Gasteiger partial charge in [-0.3, -0.25) is 4.79 Å². The molecule has 22 heavy (non-hydrogen) atoms. The lowest BCUT2D eigenvalue weighted by atomic mass is 10.1. The summed E-state index contributed by atoms with van der Waals surface area (Å²) in [5, 5.41) is 14.8. The van der Waals surface area contributed by atoms with E-state index in [4.69, 9.17) is 0 Å². The molecule has 1 amide bonds. The van der Waals surface area contributed by atoms with Crippen LogP contribution in [0.3, 0.4) is 0 Å². The van der Waals surface area contributed by atoms with Crippen molar-refractivity contribution in [3.8, 4) is 0 Å². The SMILES string of the molecule is CC(C)n1nnnc1SCC(=O)NCCc1ccc(F)cc1. The fourth-order valence-electron chi connectivity index (χ4n) is 1.78. The molecule has 0 fully saturated rings. The zero-order chi connectivity index (χ0) is 15.9. The number of nitrogens with zero attached hydrogens (tertiary/aromatic N) is 4. The summed E-state index contributed by atoms with van der Waals surface area (Å²) >= 11 is 1.30. The summed E-state index contributed by atoms with van der Waals surface area (Å²) in [4.78, 5) is 11.8. The fraction of sp³-hybridized carbons (Fsp3) is 0.429. The van der Waals surface area contributed by atoms with E-state index >= 15 is 0 Å². The van der Waals surface area contributed by atoms with Crippen LogP contribution in [-0.2, 0) is 11.2 Å². The topological polar surface area (TPSA) is 72.7 Å². The number of carbonyl (C=O) groups is 1. The zero-order valence-corrected chi connectivity index (χ0v) is 13.3. The fourth-order valence-corrected chi connectivity index (χ4v) is 2.62. The van der Waals surface area contributed by atoms with Gasteiger partial charge in [0.1, 0.15) is 5.82 Å². The Morgan fingerprint density at radius 1 is 1.36 bits per heavy atom. The first-order chi connectivity index (χ1) is 10.6. The van der Waals surface area contributed by atoms with Crippen LogP contribution in [0.5, 0.6) is 0 Å². The molecule has 0 spiro atoms. The highest BCUT2D eigenvalue weighted by Gasteiger charge is 2.11. The molecule has 0 bridgehead atoms. The second-order valence-electron chi connectivity index (χ2n) is 5.01. The van der Waals surface area contributed by atoms with Crippen molar-refractivity contribution in [3.05, 3.63) is 35.6 Å². The summed E-state index contributed by atoms with van der Waals surface area (Å²) in [6.45, 7) is 4.46. The van der Waals surface area contributed by atoms with E-state index in [-0.39, 0.29) is 23.5 Å². The summed E-state index contributed by atoms with van der Waals surface area (Å²) in [5.41, 5.74) is 0.984. The van der Waals surface area contributed by atoms with Crippen LogP contribution in [0.15, 0.2) is 29.4 Å². The summed E-state index contributed by atoms with van der Waals surface area (Å²) < 4.78 is 14.4. The molecule has 0 saturated carbocycles. The van der Waals surface area contributed by atoms with Crippen molar-refractivity contribution in [1.82, 2.24) is 25.5 Å². The Bertz CT molecular complexity index is 614. The smallest absolute Gasteiger partial charge is 0.230 e. The number of tetrazole rings is 1. The molecule has 0 radical (unpaired) electrons. The van der Waals surface area contributed by atoms with Gasteiger partial charge in [-0.25, -0.2) is 9.07 Å². The van der Waals surface area contributed by atoms with Gasteiger partial charge in [0.25, 0.3) is 0 Å². The monoisotopic (exact) mass is 323 g/mol. The van der Waals surface area contributed by atoms with Gasteiger partial charge < -0.3 is 5.32 Å². The third-order valence-electron chi connectivity index (χ3n) is 2.93. The van der Waals surface area contributed by atoms with Crippen LogP contribution in [0.4, 0.5) is 4.39 Å². The molecule has 0 aliphatic rings. The van der Waals surface area contributed by atoms with Crippen molar-refractivity contribution in [2.75, 3.05) is 12.3 Å². The van der Waals surface area contributed by atoms with Gasteiger partial charge in [-0.05, 0) is 48.4 Å². The molecule has 0 saturated heterocycles. The van der Waals surface area contributed by atoms with Crippen molar-refractivity contribution >= 4 is 17.7 Å². The first kappa shape index (κ1) is 16.4. The number of carbonyl (C=O) groups excluding carboxylic acids is 1. The minimum absolute atomic E-state index is 0.0783. The molecule has 0 atom stereocenters. The molecule has 6 nitrogen and oxygen atoms in total. The molecular weight excluding hydrogens is 305 g/mol. The van der Waals surface area contributed by atoms with Crippen molar-refractivity contribution in [2.24, 2.45) is 0 Å². The number of hydrogen-bond donors (Lipinski definition) is 1. The van der Waals surface area contributed by atoms with Crippen LogP contribution in [0.1, 0.15) is 25.5 Å². The first-order valence-corrected chi connectivity index (χ1v) is 7.96. The predicted molar refractivity (Wildman–Crippen MR) is 82.0 cm³/mol. The first-order valence-electron chi connectivity index (χ1n) is 6.98. The maximum Gasteiger partial charge on any atom is 0.230 e. The number of thioether (sulfide) groups is 1. The molecule has 2 aromatic rings. The minimum Gasteiger partial charge on any atom is -0.355 e. The van der Waals surface area contributed by atoms with Gasteiger partial charge in [0.05, 0.1) is 11.8 Å². The largest absolute Gasteiger partial charge is 0.355 e. The Kier molecular flexibility index (Phi) is 5.88. The molecule has 1 heterocycles. The number of amides is 1. The Morgan fingerprint density at radius 3 is 2.77 bits per heavy atom. The van der Waals surface area contributed by atoms with E-state index in [0.29, 0.717) is 18.1 Å². The van der Waals surface area contributed by atoms with Gasteiger partial charge in [0.15, 0.2) is 0 Å². The summed E-state index contributed by atoms with van der Waals surface area (Å²) in [6, 6.07) is 6.41.